The van der Waals surface area contributed by atoms with Crippen LogP contribution in [0.1, 0.15) is 21.5 Å². The average molecular weight is 317 g/mol. The minimum Gasteiger partial charge on any atom is -0.507 e. The number of nitrogens with one attached hydrogen (secondary N) is 1. The lowest BCUT2D eigenvalue weighted by Crippen LogP contribution is -2.35. The second kappa shape index (κ2) is 5.69. The summed E-state index contributed by atoms with van der Waals surface area (Å²) in [6.45, 7) is 0. The van der Waals surface area contributed by atoms with Crippen molar-refractivity contribution >= 4 is 11.7 Å². The Kier molecular flexibility index (Phi) is 3.71. The van der Waals surface area contributed by atoms with E-state index in [1.165, 1.54) is 35.8 Å². The van der Waals surface area contributed by atoms with Crippen molar-refractivity contribution < 1.29 is 29.0 Å². The molecule has 7 heteroatoms. The smallest absolute Gasteiger partial charge is 0.284 e. The fourth-order valence-electron chi connectivity index (χ4n) is 2.47. The fourth-order valence-corrected chi connectivity index (χ4v) is 2.47. The highest BCUT2D eigenvalue weighted by Gasteiger charge is 2.31. The van der Waals surface area contributed by atoms with Crippen LogP contribution in [0.2, 0.25) is 0 Å². The number of amides is 1. The number of ether oxygens (including phenoxy) is 1. The zero-order chi connectivity index (χ0) is 16.6. The first-order chi connectivity index (χ1) is 11.0. The number of carbonyl (C=O) groups excluding carboxylic acids is 2. The van der Waals surface area contributed by atoms with Crippen LogP contribution in [0, 0.1) is 5.82 Å². The van der Waals surface area contributed by atoms with Crippen molar-refractivity contribution in [3.63, 3.8) is 0 Å². The first kappa shape index (κ1) is 15.0. The van der Waals surface area contributed by atoms with E-state index < -0.39 is 23.6 Å². The van der Waals surface area contributed by atoms with Gasteiger partial charge in [-0.05, 0) is 23.8 Å². The molecule has 0 spiro atoms. The van der Waals surface area contributed by atoms with Gasteiger partial charge in [0.25, 0.3) is 5.91 Å². The van der Waals surface area contributed by atoms with Crippen molar-refractivity contribution in [2.75, 3.05) is 0 Å². The number of benzene rings is 2. The van der Waals surface area contributed by atoms with E-state index in [1.54, 1.807) is 0 Å². The molecule has 0 saturated carbocycles. The maximum absolute atomic E-state index is 13.7. The Morgan fingerprint density at radius 2 is 1.96 bits per heavy atom. The molecule has 0 radical (unpaired) electrons. The van der Waals surface area contributed by atoms with Gasteiger partial charge in [0.1, 0.15) is 17.3 Å². The molecule has 118 valence electrons. The Morgan fingerprint density at radius 3 is 2.65 bits per heavy atom. The van der Waals surface area contributed by atoms with Crippen LogP contribution in [-0.2, 0) is 11.2 Å². The third-order valence-corrected chi connectivity index (χ3v) is 3.62. The van der Waals surface area contributed by atoms with Crippen molar-refractivity contribution in [2.24, 2.45) is 0 Å². The lowest BCUT2D eigenvalue weighted by molar-refractivity contribution is -0.135. The largest absolute Gasteiger partial charge is 0.507 e. The number of ketones is 1. The number of phenols is 1. The third-order valence-electron chi connectivity index (χ3n) is 3.62. The molecule has 6 nitrogen and oxygen atoms in total. The Bertz CT molecular complexity index is 805. The summed E-state index contributed by atoms with van der Waals surface area (Å²) < 4.78 is 19.0. The van der Waals surface area contributed by atoms with Crippen LogP contribution in [0.3, 0.4) is 0 Å². The van der Waals surface area contributed by atoms with Crippen molar-refractivity contribution in [1.29, 1.82) is 0 Å². The molecule has 0 fully saturated rings. The number of halogens is 1. The number of rotatable bonds is 3. The van der Waals surface area contributed by atoms with Gasteiger partial charge in [0.05, 0.1) is 11.1 Å². The standard InChI is InChI=1S/C16H12FNO5/c17-11-4-2-1-3-9(11)15(20)10-5-8-6-14(16(21)18-22)23-13(8)7-12(10)19/h1-5,7,14,19,22H,6H2,(H,18,21). The number of carbonyl (C=O) groups is 2. The molecular formula is C16H12FNO5. The number of hydrogen-bond donors (Lipinski definition) is 3. The predicted molar refractivity (Wildman–Crippen MR) is 76.0 cm³/mol. The third kappa shape index (κ3) is 2.62. The molecule has 3 N–H and O–H groups in total. The predicted octanol–water partition coefficient (Wildman–Crippen LogP) is 1.57. The van der Waals surface area contributed by atoms with Crippen molar-refractivity contribution in [2.45, 2.75) is 12.5 Å². The highest BCUT2D eigenvalue weighted by Crippen LogP contribution is 2.35. The van der Waals surface area contributed by atoms with Crippen molar-refractivity contribution in [3.05, 3.63) is 58.9 Å². The van der Waals surface area contributed by atoms with Crippen LogP contribution < -0.4 is 10.2 Å². The lowest BCUT2D eigenvalue weighted by Gasteiger charge is -2.08. The fraction of sp³-hybridized carbons (Fsp3) is 0.125. The summed E-state index contributed by atoms with van der Waals surface area (Å²) in [5.41, 5.74) is 1.75. The van der Waals surface area contributed by atoms with E-state index >= 15 is 0 Å². The van der Waals surface area contributed by atoms with Gasteiger partial charge in [0.2, 0.25) is 0 Å². The van der Waals surface area contributed by atoms with Gasteiger partial charge >= 0.3 is 0 Å². The van der Waals surface area contributed by atoms with Gasteiger partial charge in [-0.3, -0.25) is 14.8 Å². The number of hydroxylamine groups is 1. The van der Waals surface area contributed by atoms with Crippen LogP contribution in [0.15, 0.2) is 36.4 Å². The second-order valence-electron chi connectivity index (χ2n) is 5.07. The maximum Gasteiger partial charge on any atom is 0.284 e. The molecule has 1 heterocycles. The molecule has 2 aromatic carbocycles. The van der Waals surface area contributed by atoms with Gasteiger partial charge in [0.15, 0.2) is 11.9 Å². The molecule has 0 bridgehead atoms. The number of aromatic hydroxyl groups is 1. The highest BCUT2D eigenvalue weighted by molar-refractivity contribution is 6.11. The zero-order valence-corrected chi connectivity index (χ0v) is 11.7. The molecule has 2 aromatic rings. The first-order valence-corrected chi connectivity index (χ1v) is 6.77. The lowest BCUT2D eigenvalue weighted by atomic mass is 9.98. The summed E-state index contributed by atoms with van der Waals surface area (Å²) in [6, 6.07) is 8.02. The zero-order valence-electron chi connectivity index (χ0n) is 11.7. The Labute approximate surface area is 130 Å². The van der Waals surface area contributed by atoms with E-state index in [0.717, 1.165) is 6.07 Å². The summed E-state index contributed by atoms with van der Waals surface area (Å²) in [7, 11) is 0. The topological polar surface area (TPSA) is 95.9 Å². The summed E-state index contributed by atoms with van der Waals surface area (Å²) >= 11 is 0. The SMILES string of the molecule is O=C(c1cc2c(cc1O)OC(C(=O)NO)C2)c1ccccc1F. The minimum atomic E-state index is -0.951. The van der Waals surface area contributed by atoms with Crippen LogP contribution >= 0.6 is 0 Å². The number of fused-ring (bicyclic) bond motifs is 1. The summed E-state index contributed by atoms with van der Waals surface area (Å²) in [6.07, 6.45) is -0.826. The van der Waals surface area contributed by atoms with E-state index in [4.69, 9.17) is 9.94 Å². The Balaban J connectivity index is 1.97. The van der Waals surface area contributed by atoms with E-state index in [2.05, 4.69) is 0 Å². The molecule has 1 unspecified atom stereocenters. The van der Waals surface area contributed by atoms with Crippen molar-refractivity contribution in [3.8, 4) is 11.5 Å². The average Bonchev–Trinajstić information content (AvgIpc) is 2.96. The van der Waals surface area contributed by atoms with E-state index in [0.29, 0.717) is 5.56 Å². The van der Waals surface area contributed by atoms with Gasteiger partial charge in [-0.25, -0.2) is 9.87 Å². The Morgan fingerprint density at radius 1 is 1.22 bits per heavy atom. The van der Waals surface area contributed by atoms with Crippen molar-refractivity contribution in [1.82, 2.24) is 5.48 Å². The van der Waals surface area contributed by atoms with Gasteiger partial charge in [0, 0.05) is 12.5 Å². The van der Waals surface area contributed by atoms with Gasteiger partial charge in [-0.15, -0.1) is 0 Å². The van der Waals surface area contributed by atoms with Gasteiger partial charge < -0.3 is 9.84 Å². The quantitative estimate of drug-likeness (QED) is 0.454. The van der Waals surface area contributed by atoms with Gasteiger partial charge in [-0.2, -0.15) is 0 Å². The number of phenolic OH excluding ortho intramolecular Hbond substituents is 1. The number of hydrogen-bond acceptors (Lipinski definition) is 5. The first-order valence-electron chi connectivity index (χ1n) is 6.77. The molecular weight excluding hydrogens is 305 g/mol. The molecule has 1 aliphatic heterocycles. The molecule has 23 heavy (non-hydrogen) atoms. The second-order valence-corrected chi connectivity index (χ2v) is 5.07. The summed E-state index contributed by atoms with van der Waals surface area (Å²) in [5.74, 6) is -2.23. The monoisotopic (exact) mass is 317 g/mol. The molecule has 0 aromatic heterocycles. The van der Waals surface area contributed by atoms with Crippen LogP contribution in [0.4, 0.5) is 4.39 Å². The van der Waals surface area contributed by atoms with Crippen LogP contribution in [0.25, 0.3) is 0 Å². The molecule has 0 saturated heterocycles. The summed E-state index contributed by atoms with van der Waals surface area (Å²) in [4.78, 5) is 23.8. The molecule has 1 atom stereocenters. The van der Waals surface area contributed by atoms with E-state index in [1.807, 2.05) is 0 Å². The molecule has 1 amide bonds. The minimum absolute atomic E-state index is 0.0810. The van der Waals surface area contributed by atoms with E-state index in [-0.39, 0.29) is 29.0 Å². The highest BCUT2D eigenvalue weighted by atomic mass is 19.1. The normalized spacial score (nSPS) is 15.7. The summed E-state index contributed by atoms with van der Waals surface area (Å²) in [5, 5.41) is 18.6. The molecule has 1 aliphatic rings. The molecule has 3 rings (SSSR count). The maximum atomic E-state index is 13.7. The van der Waals surface area contributed by atoms with Crippen LogP contribution in [-0.4, -0.2) is 28.1 Å². The Hall–Kier alpha value is -2.93. The van der Waals surface area contributed by atoms with Gasteiger partial charge in [-0.1, -0.05) is 12.1 Å². The molecule has 0 aliphatic carbocycles. The van der Waals surface area contributed by atoms with Crippen LogP contribution in [0.5, 0.6) is 11.5 Å². The van der Waals surface area contributed by atoms with E-state index in [9.17, 15) is 19.1 Å².